The SMILES string of the molecule is C=C1C=C(NCCCC2=CCCCC2)C=c2nc(C3=C(c4ccc(F)c(C)n4)NC=CC=C3)ccc2=C1. The third kappa shape index (κ3) is 6.05. The van der Waals surface area contributed by atoms with Gasteiger partial charge in [0.1, 0.15) is 5.82 Å². The van der Waals surface area contributed by atoms with E-state index >= 15 is 0 Å². The lowest BCUT2D eigenvalue weighted by atomic mass is 9.96. The summed E-state index contributed by atoms with van der Waals surface area (Å²) in [7, 11) is 0. The van der Waals surface area contributed by atoms with Crippen molar-refractivity contribution in [2.24, 2.45) is 0 Å². The van der Waals surface area contributed by atoms with Crippen LogP contribution >= 0.6 is 0 Å². The molecule has 5 heteroatoms. The minimum atomic E-state index is -0.318. The summed E-state index contributed by atoms with van der Waals surface area (Å²) in [6.45, 7) is 6.79. The zero-order chi connectivity index (χ0) is 25.6. The summed E-state index contributed by atoms with van der Waals surface area (Å²) in [5.41, 5.74) is 7.08. The molecule has 188 valence electrons. The fourth-order valence-corrected chi connectivity index (χ4v) is 4.89. The number of hydrogen-bond acceptors (Lipinski definition) is 4. The summed E-state index contributed by atoms with van der Waals surface area (Å²) in [5, 5.41) is 8.81. The van der Waals surface area contributed by atoms with Crippen molar-refractivity contribution in [2.45, 2.75) is 45.4 Å². The lowest BCUT2D eigenvalue weighted by molar-refractivity contribution is 0.609. The first kappa shape index (κ1) is 24.7. The van der Waals surface area contributed by atoms with Crippen molar-refractivity contribution in [3.8, 4) is 0 Å². The molecule has 5 rings (SSSR count). The van der Waals surface area contributed by atoms with Gasteiger partial charge in [-0.3, -0.25) is 0 Å². The maximum Gasteiger partial charge on any atom is 0.144 e. The lowest BCUT2D eigenvalue weighted by Gasteiger charge is -2.13. The molecule has 0 amide bonds. The van der Waals surface area contributed by atoms with E-state index in [1.165, 1.54) is 31.7 Å². The second kappa shape index (κ2) is 11.4. The Hall–Kier alpha value is -3.99. The Kier molecular flexibility index (Phi) is 7.59. The highest BCUT2D eigenvalue weighted by atomic mass is 19.1. The van der Waals surface area contributed by atoms with E-state index in [1.54, 1.807) is 18.6 Å². The normalized spacial score (nSPS) is 17.0. The zero-order valence-electron chi connectivity index (χ0n) is 21.4. The van der Waals surface area contributed by atoms with E-state index in [4.69, 9.17) is 4.98 Å². The van der Waals surface area contributed by atoms with E-state index < -0.39 is 0 Å². The monoisotopic (exact) mass is 492 g/mol. The summed E-state index contributed by atoms with van der Waals surface area (Å²) in [6.07, 6.45) is 23.8. The van der Waals surface area contributed by atoms with Crippen LogP contribution in [0.3, 0.4) is 0 Å². The van der Waals surface area contributed by atoms with Crippen molar-refractivity contribution >= 4 is 23.4 Å². The largest absolute Gasteiger partial charge is 0.385 e. The van der Waals surface area contributed by atoms with Crippen LogP contribution in [0.5, 0.6) is 0 Å². The Balaban J connectivity index is 1.44. The second-order valence-electron chi connectivity index (χ2n) is 9.69. The fraction of sp³-hybridized carbons (Fsp3) is 0.250. The molecule has 0 unspecified atom stereocenters. The molecular formula is C32H33FN4. The van der Waals surface area contributed by atoms with Gasteiger partial charge in [-0.25, -0.2) is 14.4 Å². The van der Waals surface area contributed by atoms with E-state index in [2.05, 4.69) is 52.6 Å². The first-order chi connectivity index (χ1) is 18.1. The third-order valence-corrected chi connectivity index (χ3v) is 6.84. The number of allylic oxidation sites excluding steroid dienone is 9. The van der Waals surface area contributed by atoms with E-state index in [0.29, 0.717) is 11.4 Å². The number of nitrogens with one attached hydrogen (secondary N) is 2. The van der Waals surface area contributed by atoms with Crippen LogP contribution in [0.2, 0.25) is 0 Å². The maximum absolute atomic E-state index is 13.9. The topological polar surface area (TPSA) is 49.8 Å². The van der Waals surface area contributed by atoms with Gasteiger partial charge < -0.3 is 10.6 Å². The number of aryl methyl sites for hydroxylation is 1. The average molecular weight is 493 g/mol. The zero-order valence-corrected chi connectivity index (χ0v) is 21.4. The number of rotatable bonds is 7. The molecule has 0 aromatic carbocycles. The number of aromatic nitrogens is 2. The summed E-state index contributed by atoms with van der Waals surface area (Å²) in [6, 6.07) is 7.23. The van der Waals surface area contributed by atoms with Crippen molar-refractivity contribution in [1.82, 2.24) is 20.6 Å². The Bertz CT molecular complexity index is 1490. The first-order valence-electron chi connectivity index (χ1n) is 13.1. The summed E-state index contributed by atoms with van der Waals surface area (Å²) in [4.78, 5) is 9.52. The quantitative estimate of drug-likeness (QED) is 0.404. The van der Waals surface area contributed by atoms with Crippen molar-refractivity contribution < 1.29 is 4.39 Å². The van der Waals surface area contributed by atoms with Crippen molar-refractivity contribution in [2.75, 3.05) is 6.54 Å². The van der Waals surface area contributed by atoms with Crippen molar-refractivity contribution in [3.63, 3.8) is 0 Å². The number of nitrogens with zero attached hydrogens (tertiary/aromatic N) is 2. The molecule has 0 saturated carbocycles. The van der Waals surface area contributed by atoms with Crippen molar-refractivity contribution in [1.29, 1.82) is 0 Å². The molecule has 0 atom stereocenters. The molecule has 1 aliphatic heterocycles. The Morgan fingerprint density at radius 1 is 1.03 bits per heavy atom. The molecule has 0 saturated heterocycles. The minimum absolute atomic E-state index is 0.318. The van der Waals surface area contributed by atoms with Gasteiger partial charge in [0.25, 0.3) is 0 Å². The van der Waals surface area contributed by atoms with Gasteiger partial charge in [0.2, 0.25) is 0 Å². The van der Waals surface area contributed by atoms with Crippen LogP contribution in [0.1, 0.15) is 55.6 Å². The number of hydrogen-bond donors (Lipinski definition) is 2. The van der Waals surface area contributed by atoms with E-state index in [0.717, 1.165) is 58.2 Å². The van der Waals surface area contributed by atoms with Gasteiger partial charge in [-0.15, -0.1) is 0 Å². The molecule has 2 aromatic rings. The third-order valence-electron chi connectivity index (χ3n) is 6.84. The van der Waals surface area contributed by atoms with Gasteiger partial charge in [-0.1, -0.05) is 36.4 Å². The van der Waals surface area contributed by atoms with Crippen LogP contribution in [0.25, 0.3) is 23.4 Å². The van der Waals surface area contributed by atoms with Crippen LogP contribution < -0.4 is 21.2 Å². The van der Waals surface area contributed by atoms with E-state index in [9.17, 15) is 4.39 Å². The molecule has 2 aliphatic carbocycles. The highest BCUT2D eigenvalue weighted by molar-refractivity contribution is 5.93. The second-order valence-corrected chi connectivity index (χ2v) is 9.69. The molecule has 0 radical (unpaired) electrons. The predicted octanol–water partition coefficient (Wildman–Crippen LogP) is 5.35. The molecule has 0 fully saturated rings. The molecule has 4 nitrogen and oxygen atoms in total. The Labute approximate surface area is 218 Å². The molecule has 0 bridgehead atoms. The van der Waals surface area contributed by atoms with Gasteiger partial charge >= 0.3 is 0 Å². The highest BCUT2D eigenvalue weighted by Crippen LogP contribution is 2.25. The van der Waals surface area contributed by atoms with Crippen LogP contribution in [0, 0.1) is 12.7 Å². The van der Waals surface area contributed by atoms with Crippen LogP contribution in [-0.4, -0.2) is 16.5 Å². The van der Waals surface area contributed by atoms with Crippen LogP contribution in [0.15, 0.2) is 84.3 Å². The van der Waals surface area contributed by atoms with Gasteiger partial charge in [-0.2, -0.15) is 0 Å². The number of halogens is 1. The standard InChI is InChI=1S/C32H33FN4/c1-22-19-25-13-15-29(27-12-6-7-17-35-32(27)30-16-14-28(33)23(2)36-30)37-31(25)21-26(20-22)34-18-8-11-24-9-4-3-5-10-24/h6-7,9,12-17,19-21,34-35H,1,3-5,8,10-11,18H2,2H3. The molecule has 2 N–H and O–H groups in total. The molecule has 2 aromatic heterocycles. The number of fused-ring (bicyclic) bond motifs is 1. The highest BCUT2D eigenvalue weighted by Gasteiger charge is 2.14. The molecule has 3 heterocycles. The molecule has 37 heavy (non-hydrogen) atoms. The summed E-state index contributed by atoms with van der Waals surface area (Å²) in [5.74, 6) is -0.318. The maximum atomic E-state index is 13.9. The van der Waals surface area contributed by atoms with Gasteiger partial charge in [0.05, 0.1) is 28.1 Å². The van der Waals surface area contributed by atoms with Crippen LogP contribution in [0.4, 0.5) is 4.39 Å². The lowest BCUT2D eigenvalue weighted by Crippen LogP contribution is -2.30. The number of pyridine rings is 2. The van der Waals surface area contributed by atoms with Gasteiger partial charge in [0.15, 0.2) is 0 Å². The molecule has 3 aliphatic rings. The molecule has 0 spiro atoms. The van der Waals surface area contributed by atoms with Crippen molar-refractivity contribution in [3.05, 3.63) is 118 Å². The predicted molar refractivity (Wildman–Crippen MR) is 151 cm³/mol. The Morgan fingerprint density at radius 2 is 1.92 bits per heavy atom. The van der Waals surface area contributed by atoms with Gasteiger partial charge in [0, 0.05) is 29.2 Å². The average Bonchev–Trinajstić information content (AvgIpc) is 3.24. The Morgan fingerprint density at radius 3 is 2.76 bits per heavy atom. The van der Waals surface area contributed by atoms with E-state index in [1.807, 2.05) is 30.5 Å². The molecular weight excluding hydrogens is 459 g/mol. The van der Waals surface area contributed by atoms with E-state index in [-0.39, 0.29) is 5.82 Å². The first-order valence-corrected chi connectivity index (χ1v) is 13.1. The summed E-state index contributed by atoms with van der Waals surface area (Å²) >= 11 is 0. The fourth-order valence-electron chi connectivity index (χ4n) is 4.89. The van der Waals surface area contributed by atoms with Crippen LogP contribution in [-0.2, 0) is 0 Å². The smallest absolute Gasteiger partial charge is 0.144 e. The summed E-state index contributed by atoms with van der Waals surface area (Å²) < 4.78 is 13.9. The minimum Gasteiger partial charge on any atom is -0.385 e. The van der Waals surface area contributed by atoms with Gasteiger partial charge in [-0.05, 0) is 93.5 Å².